The van der Waals surface area contributed by atoms with Gasteiger partial charge < -0.3 is 5.11 Å². The summed E-state index contributed by atoms with van der Waals surface area (Å²) in [4.78, 5) is 0. The van der Waals surface area contributed by atoms with E-state index in [-0.39, 0.29) is 6.10 Å². The van der Waals surface area contributed by atoms with Crippen molar-refractivity contribution in [2.24, 2.45) is 5.92 Å². The van der Waals surface area contributed by atoms with E-state index in [9.17, 15) is 0 Å². The molecule has 0 aromatic carbocycles. The molecule has 0 spiro atoms. The summed E-state index contributed by atoms with van der Waals surface area (Å²) in [5, 5.41) is 9.13. The van der Waals surface area contributed by atoms with Crippen molar-refractivity contribution >= 4 is 0 Å². The molecular weight excluding hydrogens is 112 g/mol. The van der Waals surface area contributed by atoms with Gasteiger partial charge in [-0.2, -0.15) is 0 Å². The monoisotopic (exact) mass is 128 g/mol. The molecule has 0 saturated carbocycles. The maximum absolute atomic E-state index is 9.13. The normalized spacial score (nSPS) is 15.2. The van der Waals surface area contributed by atoms with Gasteiger partial charge in [-0.05, 0) is 19.3 Å². The van der Waals surface area contributed by atoms with Crippen LogP contribution in [0.1, 0.15) is 27.2 Å². The fourth-order valence-corrected chi connectivity index (χ4v) is 0.784. The fourth-order valence-electron chi connectivity index (χ4n) is 0.784. The molecule has 0 aromatic rings. The molecule has 0 saturated heterocycles. The average molecular weight is 128 g/mol. The first-order chi connectivity index (χ1) is 4.16. The minimum absolute atomic E-state index is 0.241. The Labute approximate surface area is 57.4 Å². The molecule has 9 heavy (non-hydrogen) atoms. The van der Waals surface area contributed by atoms with Gasteiger partial charge >= 0.3 is 0 Å². The van der Waals surface area contributed by atoms with Crippen molar-refractivity contribution in [3.05, 3.63) is 12.2 Å². The minimum atomic E-state index is -0.241. The standard InChI is InChI=1S/C8H16O/c1-4-5-8(9)6-7(2)3/h4-5,7-9H,6H2,1-3H3. The zero-order valence-corrected chi connectivity index (χ0v) is 6.46. The largest absolute Gasteiger partial charge is 0.389 e. The SMILES string of the molecule is CC=CC(O)CC(C)C. The maximum atomic E-state index is 9.13. The lowest BCUT2D eigenvalue weighted by molar-refractivity contribution is 0.195. The van der Waals surface area contributed by atoms with Gasteiger partial charge in [-0.3, -0.25) is 0 Å². The lowest BCUT2D eigenvalue weighted by Gasteiger charge is -2.06. The molecule has 1 atom stereocenters. The van der Waals surface area contributed by atoms with E-state index in [4.69, 9.17) is 5.11 Å². The highest BCUT2D eigenvalue weighted by molar-refractivity contribution is 4.85. The van der Waals surface area contributed by atoms with Gasteiger partial charge in [-0.25, -0.2) is 0 Å². The molecule has 0 aliphatic rings. The molecule has 0 amide bonds. The van der Waals surface area contributed by atoms with Gasteiger partial charge in [0.1, 0.15) is 0 Å². The number of aliphatic hydroxyl groups excluding tert-OH is 1. The van der Waals surface area contributed by atoms with Gasteiger partial charge in [0.2, 0.25) is 0 Å². The Morgan fingerprint density at radius 2 is 2.00 bits per heavy atom. The molecule has 0 aromatic heterocycles. The third kappa shape index (κ3) is 5.57. The number of aliphatic hydroxyl groups is 1. The van der Waals surface area contributed by atoms with Gasteiger partial charge in [0.25, 0.3) is 0 Å². The second-order valence-electron chi connectivity index (χ2n) is 2.72. The Kier molecular flexibility index (Phi) is 4.41. The summed E-state index contributed by atoms with van der Waals surface area (Å²) >= 11 is 0. The summed E-state index contributed by atoms with van der Waals surface area (Å²) in [6, 6.07) is 0. The van der Waals surface area contributed by atoms with Crippen molar-refractivity contribution in [1.82, 2.24) is 0 Å². The third-order valence-corrected chi connectivity index (χ3v) is 1.13. The Balaban J connectivity index is 3.38. The summed E-state index contributed by atoms with van der Waals surface area (Å²) in [6.07, 6.45) is 4.33. The fraction of sp³-hybridized carbons (Fsp3) is 0.750. The lowest BCUT2D eigenvalue weighted by Crippen LogP contribution is -2.05. The first-order valence-electron chi connectivity index (χ1n) is 3.47. The predicted octanol–water partition coefficient (Wildman–Crippen LogP) is 1.97. The Morgan fingerprint density at radius 3 is 2.33 bits per heavy atom. The molecule has 54 valence electrons. The third-order valence-electron chi connectivity index (χ3n) is 1.13. The van der Waals surface area contributed by atoms with Gasteiger partial charge in [0.15, 0.2) is 0 Å². The average Bonchev–Trinajstić information content (AvgIpc) is 1.63. The molecule has 0 aliphatic carbocycles. The molecule has 0 heterocycles. The van der Waals surface area contributed by atoms with Crippen LogP contribution in [0.4, 0.5) is 0 Å². The van der Waals surface area contributed by atoms with E-state index in [1.54, 1.807) is 0 Å². The van der Waals surface area contributed by atoms with Crippen LogP contribution in [0.25, 0.3) is 0 Å². The highest BCUT2D eigenvalue weighted by Crippen LogP contribution is 2.04. The topological polar surface area (TPSA) is 20.2 Å². The maximum Gasteiger partial charge on any atom is 0.0723 e. The highest BCUT2D eigenvalue weighted by Gasteiger charge is 2.00. The summed E-state index contributed by atoms with van der Waals surface area (Å²) in [6.45, 7) is 6.13. The van der Waals surface area contributed by atoms with Gasteiger partial charge in [0.05, 0.1) is 6.10 Å². The van der Waals surface area contributed by atoms with Gasteiger partial charge in [-0.15, -0.1) is 0 Å². The summed E-state index contributed by atoms with van der Waals surface area (Å²) < 4.78 is 0. The van der Waals surface area contributed by atoms with Crippen LogP contribution in [0.2, 0.25) is 0 Å². The van der Waals surface area contributed by atoms with E-state index < -0.39 is 0 Å². The van der Waals surface area contributed by atoms with Crippen LogP contribution in [0.15, 0.2) is 12.2 Å². The minimum Gasteiger partial charge on any atom is -0.389 e. The van der Waals surface area contributed by atoms with Crippen LogP contribution in [0, 0.1) is 5.92 Å². The molecular formula is C8H16O. The van der Waals surface area contributed by atoms with E-state index in [0.717, 1.165) is 6.42 Å². The van der Waals surface area contributed by atoms with Crippen molar-refractivity contribution in [2.45, 2.75) is 33.3 Å². The quantitative estimate of drug-likeness (QED) is 0.576. The smallest absolute Gasteiger partial charge is 0.0723 e. The summed E-state index contributed by atoms with van der Waals surface area (Å²) in [7, 11) is 0. The zero-order chi connectivity index (χ0) is 7.28. The Morgan fingerprint density at radius 1 is 1.44 bits per heavy atom. The summed E-state index contributed by atoms with van der Waals surface area (Å²) in [5.74, 6) is 0.580. The predicted molar refractivity (Wildman–Crippen MR) is 40.3 cm³/mol. The van der Waals surface area contributed by atoms with E-state index in [1.165, 1.54) is 0 Å². The number of rotatable bonds is 3. The van der Waals surface area contributed by atoms with Crippen molar-refractivity contribution < 1.29 is 5.11 Å². The second kappa shape index (κ2) is 4.57. The second-order valence-corrected chi connectivity index (χ2v) is 2.72. The molecule has 0 fully saturated rings. The van der Waals surface area contributed by atoms with Gasteiger partial charge in [-0.1, -0.05) is 26.0 Å². The molecule has 0 aliphatic heterocycles. The van der Waals surface area contributed by atoms with E-state index in [1.807, 2.05) is 19.1 Å². The van der Waals surface area contributed by atoms with Gasteiger partial charge in [0, 0.05) is 0 Å². The number of allylic oxidation sites excluding steroid dienone is 1. The lowest BCUT2D eigenvalue weighted by atomic mass is 10.1. The van der Waals surface area contributed by atoms with Crippen LogP contribution >= 0.6 is 0 Å². The Hall–Kier alpha value is -0.300. The molecule has 1 N–H and O–H groups in total. The molecule has 1 unspecified atom stereocenters. The zero-order valence-electron chi connectivity index (χ0n) is 6.46. The van der Waals surface area contributed by atoms with Crippen molar-refractivity contribution in [1.29, 1.82) is 0 Å². The number of hydrogen-bond acceptors (Lipinski definition) is 1. The molecule has 0 radical (unpaired) electrons. The van der Waals surface area contributed by atoms with Crippen molar-refractivity contribution in [2.75, 3.05) is 0 Å². The Bertz CT molecular complexity index is 84.6. The summed E-state index contributed by atoms with van der Waals surface area (Å²) in [5.41, 5.74) is 0. The van der Waals surface area contributed by atoms with Crippen LogP contribution in [0.3, 0.4) is 0 Å². The first-order valence-corrected chi connectivity index (χ1v) is 3.47. The molecule has 1 nitrogen and oxygen atoms in total. The van der Waals surface area contributed by atoms with E-state index >= 15 is 0 Å². The van der Waals surface area contributed by atoms with Crippen LogP contribution in [-0.2, 0) is 0 Å². The number of hydrogen-bond donors (Lipinski definition) is 1. The molecule has 1 heteroatoms. The van der Waals surface area contributed by atoms with Crippen LogP contribution in [-0.4, -0.2) is 11.2 Å². The van der Waals surface area contributed by atoms with Crippen molar-refractivity contribution in [3.63, 3.8) is 0 Å². The first kappa shape index (κ1) is 8.70. The van der Waals surface area contributed by atoms with Crippen LogP contribution < -0.4 is 0 Å². The molecule has 0 bridgehead atoms. The van der Waals surface area contributed by atoms with E-state index in [0.29, 0.717) is 5.92 Å². The van der Waals surface area contributed by atoms with Crippen LogP contribution in [0.5, 0.6) is 0 Å². The van der Waals surface area contributed by atoms with E-state index in [2.05, 4.69) is 13.8 Å². The highest BCUT2D eigenvalue weighted by atomic mass is 16.3. The van der Waals surface area contributed by atoms with Crippen molar-refractivity contribution in [3.8, 4) is 0 Å². The molecule has 0 rings (SSSR count).